The highest BCUT2D eigenvalue weighted by atomic mass is 32.2. The molecular weight excluding hydrogens is 248 g/mol. The van der Waals surface area contributed by atoms with Gasteiger partial charge in [-0.05, 0) is 37.5 Å². The molecule has 2 fully saturated rings. The van der Waals surface area contributed by atoms with Gasteiger partial charge in [0.1, 0.15) is 9.84 Å². The second kappa shape index (κ2) is 6.35. The summed E-state index contributed by atoms with van der Waals surface area (Å²) in [4.78, 5) is 2.57. The third-order valence-electron chi connectivity index (χ3n) is 3.68. The van der Waals surface area contributed by atoms with Gasteiger partial charge in [0.2, 0.25) is 0 Å². The highest BCUT2D eigenvalue weighted by Gasteiger charge is 2.28. The summed E-state index contributed by atoms with van der Waals surface area (Å²) in [6, 6.07) is 0. The summed E-state index contributed by atoms with van der Waals surface area (Å²) in [5, 5.41) is 3.24. The molecule has 0 aliphatic heterocycles. The van der Waals surface area contributed by atoms with Gasteiger partial charge in [-0.1, -0.05) is 0 Å². The zero-order valence-corrected chi connectivity index (χ0v) is 12.2. The normalized spacial score (nSPS) is 20.6. The first-order chi connectivity index (χ1) is 8.53. The van der Waals surface area contributed by atoms with Crippen molar-refractivity contribution in [3.63, 3.8) is 0 Å². The molecule has 18 heavy (non-hydrogen) atoms. The van der Waals surface area contributed by atoms with Gasteiger partial charge in [0, 0.05) is 39.0 Å². The number of nitrogens with zero attached hydrogens (tertiary/aromatic N) is 1. The first-order valence-corrected chi connectivity index (χ1v) is 9.20. The van der Waals surface area contributed by atoms with E-state index in [2.05, 4.69) is 10.2 Å². The molecule has 0 aromatic heterocycles. The molecule has 0 radical (unpaired) electrons. The first-order valence-electron chi connectivity index (χ1n) is 7.14. The third kappa shape index (κ3) is 6.71. The SMILES string of the molecule is CS(=O)(=O)CCNCCN(CC1CC1)CC1CC1. The van der Waals surface area contributed by atoms with Crippen LogP contribution in [0.4, 0.5) is 0 Å². The molecule has 2 aliphatic carbocycles. The Morgan fingerprint density at radius 1 is 1.06 bits per heavy atom. The Kier molecular flexibility index (Phi) is 5.04. The fourth-order valence-electron chi connectivity index (χ4n) is 2.21. The van der Waals surface area contributed by atoms with Gasteiger partial charge in [-0.3, -0.25) is 0 Å². The van der Waals surface area contributed by atoms with E-state index in [-0.39, 0.29) is 5.75 Å². The number of hydrogen-bond donors (Lipinski definition) is 1. The lowest BCUT2D eigenvalue weighted by Crippen LogP contribution is -2.36. The quantitative estimate of drug-likeness (QED) is 0.597. The lowest BCUT2D eigenvalue weighted by atomic mass is 10.3. The van der Waals surface area contributed by atoms with Crippen molar-refractivity contribution in [1.82, 2.24) is 10.2 Å². The van der Waals surface area contributed by atoms with Gasteiger partial charge in [-0.25, -0.2) is 8.42 Å². The molecule has 0 bridgehead atoms. The minimum atomic E-state index is -2.82. The minimum Gasteiger partial charge on any atom is -0.314 e. The predicted octanol–water partition coefficient (Wildman–Crippen LogP) is 0.743. The topological polar surface area (TPSA) is 49.4 Å². The summed E-state index contributed by atoms with van der Waals surface area (Å²) >= 11 is 0. The number of sulfone groups is 1. The molecule has 2 rings (SSSR count). The molecule has 0 aromatic carbocycles. The highest BCUT2D eigenvalue weighted by Crippen LogP contribution is 2.33. The van der Waals surface area contributed by atoms with Crippen LogP contribution in [0.3, 0.4) is 0 Å². The van der Waals surface area contributed by atoms with E-state index in [1.807, 2.05) is 0 Å². The summed E-state index contributed by atoms with van der Waals surface area (Å²) in [6.45, 7) is 5.07. The van der Waals surface area contributed by atoms with E-state index < -0.39 is 9.84 Å². The molecular formula is C13H26N2O2S. The molecule has 0 amide bonds. The highest BCUT2D eigenvalue weighted by molar-refractivity contribution is 7.90. The molecule has 0 saturated heterocycles. The van der Waals surface area contributed by atoms with E-state index in [0.717, 1.165) is 24.9 Å². The lowest BCUT2D eigenvalue weighted by molar-refractivity contribution is 0.253. The molecule has 1 N–H and O–H groups in total. The van der Waals surface area contributed by atoms with Crippen LogP contribution in [0, 0.1) is 11.8 Å². The maximum absolute atomic E-state index is 11.0. The van der Waals surface area contributed by atoms with Crippen LogP contribution >= 0.6 is 0 Å². The van der Waals surface area contributed by atoms with Gasteiger partial charge in [0.15, 0.2) is 0 Å². The molecule has 0 unspecified atom stereocenters. The van der Waals surface area contributed by atoms with Crippen molar-refractivity contribution in [2.24, 2.45) is 11.8 Å². The summed E-state index contributed by atoms with van der Waals surface area (Å²) in [6.07, 6.45) is 6.91. The standard InChI is InChI=1S/C13H26N2O2S/c1-18(16,17)9-7-14-6-8-15(10-12-2-3-12)11-13-4-5-13/h12-14H,2-11H2,1H3. The van der Waals surface area contributed by atoms with Crippen molar-refractivity contribution in [3.8, 4) is 0 Å². The van der Waals surface area contributed by atoms with Gasteiger partial charge in [0.25, 0.3) is 0 Å². The fourth-order valence-corrected chi connectivity index (χ4v) is 2.72. The Labute approximate surface area is 111 Å². The van der Waals surface area contributed by atoms with E-state index >= 15 is 0 Å². The fraction of sp³-hybridized carbons (Fsp3) is 1.00. The van der Waals surface area contributed by atoms with Crippen LogP contribution in [0.15, 0.2) is 0 Å². The van der Waals surface area contributed by atoms with Crippen molar-refractivity contribution in [2.75, 3.05) is 44.7 Å². The molecule has 2 aliphatic rings. The summed E-state index contributed by atoms with van der Waals surface area (Å²) in [7, 11) is -2.82. The Hall–Kier alpha value is -0.130. The van der Waals surface area contributed by atoms with Gasteiger partial charge in [0.05, 0.1) is 5.75 Å². The van der Waals surface area contributed by atoms with Crippen LogP contribution in [0.2, 0.25) is 0 Å². The van der Waals surface area contributed by atoms with Crippen LogP contribution in [0.25, 0.3) is 0 Å². The van der Waals surface area contributed by atoms with Crippen LogP contribution < -0.4 is 5.32 Å². The van der Waals surface area contributed by atoms with Crippen molar-refractivity contribution >= 4 is 9.84 Å². The number of nitrogens with one attached hydrogen (secondary N) is 1. The van der Waals surface area contributed by atoms with Crippen molar-refractivity contribution in [1.29, 1.82) is 0 Å². The molecule has 0 heterocycles. The summed E-state index contributed by atoms with van der Waals surface area (Å²) in [5.74, 6) is 2.14. The average Bonchev–Trinajstić information content (AvgIpc) is 3.10. The van der Waals surface area contributed by atoms with Crippen molar-refractivity contribution < 1.29 is 8.42 Å². The molecule has 0 aromatic rings. The minimum absolute atomic E-state index is 0.248. The number of rotatable bonds is 10. The zero-order chi connectivity index (χ0) is 13.0. The van der Waals surface area contributed by atoms with Gasteiger partial charge in [-0.2, -0.15) is 0 Å². The van der Waals surface area contributed by atoms with E-state index in [1.165, 1.54) is 45.0 Å². The van der Waals surface area contributed by atoms with Crippen molar-refractivity contribution in [2.45, 2.75) is 25.7 Å². The average molecular weight is 274 g/mol. The van der Waals surface area contributed by atoms with E-state index in [4.69, 9.17) is 0 Å². The maximum Gasteiger partial charge on any atom is 0.148 e. The molecule has 2 saturated carbocycles. The Morgan fingerprint density at radius 2 is 1.61 bits per heavy atom. The third-order valence-corrected chi connectivity index (χ3v) is 4.63. The number of hydrogen-bond acceptors (Lipinski definition) is 4. The summed E-state index contributed by atoms with van der Waals surface area (Å²) in [5.41, 5.74) is 0. The van der Waals surface area contributed by atoms with Crippen LogP contribution in [0.1, 0.15) is 25.7 Å². The lowest BCUT2D eigenvalue weighted by Gasteiger charge is -2.22. The van der Waals surface area contributed by atoms with Gasteiger partial charge >= 0.3 is 0 Å². The van der Waals surface area contributed by atoms with E-state index in [1.54, 1.807) is 0 Å². The zero-order valence-electron chi connectivity index (χ0n) is 11.4. The summed E-state index contributed by atoms with van der Waals surface area (Å²) < 4.78 is 22.0. The van der Waals surface area contributed by atoms with Crippen LogP contribution in [-0.2, 0) is 9.84 Å². The monoisotopic (exact) mass is 274 g/mol. The van der Waals surface area contributed by atoms with Crippen LogP contribution in [-0.4, -0.2) is 58.1 Å². The largest absolute Gasteiger partial charge is 0.314 e. The van der Waals surface area contributed by atoms with E-state index in [9.17, 15) is 8.42 Å². The van der Waals surface area contributed by atoms with E-state index in [0.29, 0.717) is 6.54 Å². The Morgan fingerprint density at radius 3 is 2.06 bits per heavy atom. The molecule has 0 atom stereocenters. The first kappa shape index (κ1) is 14.3. The van der Waals surface area contributed by atoms with Gasteiger partial charge in [-0.15, -0.1) is 0 Å². The Bertz CT molecular complexity index is 334. The predicted molar refractivity (Wildman–Crippen MR) is 74.5 cm³/mol. The van der Waals surface area contributed by atoms with Gasteiger partial charge < -0.3 is 10.2 Å². The molecule has 106 valence electrons. The molecule has 5 heteroatoms. The smallest absolute Gasteiger partial charge is 0.148 e. The second-order valence-electron chi connectivity index (χ2n) is 6.03. The molecule has 4 nitrogen and oxygen atoms in total. The van der Waals surface area contributed by atoms with Crippen molar-refractivity contribution in [3.05, 3.63) is 0 Å². The van der Waals surface area contributed by atoms with Crippen LogP contribution in [0.5, 0.6) is 0 Å². The molecule has 0 spiro atoms. The maximum atomic E-state index is 11.0. The second-order valence-corrected chi connectivity index (χ2v) is 8.29. The Balaban J connectivity index is 1.56.